The van der Waals surface area contributed by atoms with Crippen LogP contribution < -0.4 is 5.32 Å². The zero-order chi connectivity index (χ0) is 10.7. The molecule has 2 rings (SSSR count). The van der Waals surface area contributed by atoms with E-state index in [2.05, 4.69) is 24.1 Å². The molecular weight excluding hydrogens is 204 g/mol. The van der Waals surface area contributed by atoms with E-state index in [0.717, 1.165) is 5.92 Å². The van der Waals surface area contributed by atoms with E-state index >= 15 is 0 Å². The summed E-state index contributed by atoms with van der Waals surface area (Å²) in [5.74, 6) is 0.889. The lowest BCUT2D eigenvalue weighted by Gasteiger charge is -2.24. The normalized spacial score (nSPS) is 21.7. The minimum Gasteiger partial charge on any atom is -0.307 e. The van der Waals surface area contributed by atoms with Gasteiger partial charge in [0.1, 0.15) is 0 Å². The second-order valence-corrected chi connectivity index (χ2v) is 5.54. The van der Waals surface area contributed by atoms with Crippen LogP contribution in [0.1, 0.15) is 50.4 Å². The Balaban J connectivity index is 1.85. The van der Waals surface area contributed by atoms with Crippen LogP contribution in [0.2, 0.25) is 0 Å². The van der Waals surface area contributed by atoms with E-state index in [9.17, 15) is 0 Å². The van der Waals surface area contributed by atoms with Crippen molar-refractivity contribution in [2.24, 2.45) is 5.92 Å². The van der Waals surface area contributed by atoms with E-state index in [1.165, 1.54) is 30.6 Å². The SMILES string of the molecule is CC(NC(C)C1CCCC1)c1cncs1. The fourth-order valence-electron chi connectivity index (χ4n) is 2.51. The van der Waals surface area contributed by atoms with Crippen molar-refractivity contribution in [1.82, 2.24) is 10.3 Å². The quantitative estimate of drug-likeness (QED) is 0.848. The largest absolute Gasteiger partial charge is 0.307 e. The number of rotatable bonds is 4. The fraction of sp³-hybridized carbons (Fsp3) is 0.750. The molecular formula is C12H20N2S. The third kappa shape index (κ3) is 2.79. The van der Waals surface area contributed by atoms with Crippen molar-refractivity contribution in [2.75, 3.05) is 0 Å². The van der Waals surface area contributed by atoms with Gasteiger partial charge in [0, 0.05) is 23.2 Å². The number of thiazole rings is 1. The van der Waals surface area contributed by atoms with E-state index in [1.807, 2.05) is 11.7 Å². The van der Waals surface area contributed by atoms with Crippen LogP contribution in [0.4, 0.5) is 0 Å². The van der Waals surface area contributed by atoms with Crippen molar-refractivity contribution >= 4 is 11.3 Å². The van der Waals surface area contributed by atoms with Crippen LogP contribution in [0.25, 0.3) is 0 Å². The molecule has 0 amide bonds. The van der Waals surface area contributed by atoms with Gasteiger partial charge in [-0.1, -0.05) is 12.8 Å². The Hall–Kier alpha value is -0.410. The lowest BCUT2D eigenvalue weighted by atomic mass is 9.99. The maximum absolute atomic E-state index is 4.13. The molecule has 0 saturated heterocycles. The highest BCUT2D eigenvalue weighted by Gasteiger charge is 2.22. The maximum atomic E-state index is 4.13. The van der Waals surface area contributed by atoms with Gasteiger partial charge in [-0.15, -0.1) is 11.3 Å². The Morgan fingerprint density at radius 2 is 2.13 bits per heavy atom. The molecule has 1 aromatic heterocycles. The Bertz CT molecular complexity index is 278. The summed E-state index contributed by atoms with van der Waals surface area (Å²) < 4.78 is 0. The van der Waals surface area contributed by atoms with Crippen LogP contribution in [0.5, 0.6) is 0 Å². The van der Waals surface area contributed by atoms with Crippen molar-refractivity contribution in [2.45, 2.75) is 51.6 Å². The minimum atomic E-state index is 0.452. The first-order chi connectivity index (χ1) is 7.27. The minimum absolute atomic E-state index is 0.452. The average molecular weight is 224 g/mol. The predicted molar refractivity (Wildman–Crippen MR) is 65.1 cm³/mol. The highest BCUT2D eigenvalue weighted by Crippen LogP contribution is 2.29. The lowest BCUT2D eigenvalue weighted by Crippen LogP contribution is -2.33. The van der Waals surface area contributed by atoms with Crippen LogP contribution >= 0.6 is 11.3 Å². The molecule has 1 fully saturated rings. The first-order valence-electron chi connectivity index (χ1n) is 5.92. The first kappa shape index (κ1) is 11.1. The molecule has 1 aromatic rings. The molecule has 1 saturated carbocycles. The molecule has 2 atom stereocenters. The Morgan fingerprint density at radius 1 is 1.40 bits per heavy atom. The van der Waals surface area contributed by atoms with Crippen molar-refractivity contribution in [1.29, 1.82) is 0 Å². The number of nitrogens with one attached hydrogen (secondary N) is 1. The number of aromatic nitrogens is 1. The molecule has 0 aliphatic heterocycles. The molecule has 2 nitrogen and oxygen atoms in total. The van der Waals surface area contributed by atoms with Crippen molar-refractivity contribution in [3.63, 3.8) is 0 Å². The molecule has 1 aliphatic rings. The molecule has 84 valence electrons. The summed E-state index contributed by atoms with van der Waals surface area (Å²) in [5.41, 5.74) is 1.91. The van der Waals surface area contributed by atoms with Crippen molar-refractivity contribution < 1.29 is 0 Å². The van der Waals surface area contributed by atoms with E-state index in [0.29, 0.717) is 12.1 Å². The van der Waals surface area contributed by atoms with Gasteiger partial charge in [-0.3, -0.25) is 4.98 Å². The summed E-state index contributed by atoms with van der Waals surface area (Å²) in [7, 11) is 0. The van der Waals surface area contributed by atoms with Crippen LogP contribution in [0, 0.1) is 5.92 Å². The predicted octanol–water partition coefficient (Wildman–Crippen LogP) is 3.37. The van der Waals surface area contributed by atoms with Crippen molar-refractivity contribution in [3.8, 4) is 0 Å². The van der Waals surface area contributed by atoms with E-state index in [4.69, 9.17) is 0 Å². The van der Waals surface area contributed by atoms with Crippen molar-refractivity contribution in [3.05, 3.63) is 16.6 Å². The summed E-state index contributed by atoms with van der Waals surface area (Å²) in [4.78, 5) is 5.47. The molecule has 15 heavy (non-hydrogen) atoms. The van der Waals surface area contributed by atoms with Gasteiger partial charge < -0.3 is 5.32 Å². The highest BCUT2D eigenvalue weighted by molar-refractivity contribution is 7.09. The smallest absolute Gasteiger partial charge is 0.0794 e. The van der Waals surface area contributed by atoms with Gasteiger partial charge in [-0.05, 0) is 32.6 Å². The highest BCUT2D eigenvalue weighted by atomic mass is 32.1. The van der Waals surface area contributed by atoms with Gasteiger partial charge in [-0.25, -0.2) is 0 Å². The second kappa shape index (κ2) is 5.08. The lowest BCUT2D eigenvalue weighted by molar-refractivity contribution is 0.354. The van der Waals surface area contributed by atoms with E-state index in [1.54, 1.807) is 11.3 Å². The van der Waals surface area contributed by atoms with Gasteiger partial charge in [0.2, 0.25) is 0 Å². The Morgan fingerprint density at radius 3 is 2.73 bits per heavy atom. The topological polar surface area (TPSA) is 24.9 Å². The summed E-state index contributed by atoms with van der Waals surface area (Å²) in [6.45, 7) is 4.56. The summed E-state index contributed by atoms with van der Waals surface area (Å²) in [6.07, 6.45) is 7.63. The standard InChI is InChI=1S/C12H20N2S/c1-9(11-5-3-4-6-11)14-10(2)12-7-13-8-15-12/h7-11,14H,3-6H2,1-2H3. The second-order valence-electron chi connectivity index (χ2n) is 4.63. The molecule has 3 heteroatoms. The number of hydrogen-bond acceptors (Lipinski definition) is 3. The Labute approximate surface area is 96.1 Å². The fourth-order valence-corrected chi connectivity index (χ4v) is 3.15. The van der Waals surface area contributed by atoms with E-state index < -0.39 is 0 Å². The summed E-state index contributed by atoms with van der Waals surface area (Å²) in [6, 6.07) is 1.10. The summed E-state index contributed by atoms with van der Waals surface area (Å²) in [5, 5.41) is 3.69. The van der Waals surface area contributed by atoms with Gasteiger partial charge in [0.05, 0.1) is 5.51 Å². The van der Waals surface area contributed by atoms with Crippen LogP contribution in [0.15, 0.2) is 11.7 Å². The first-order valence-corrected chi connectivity index (χ1v) is 6.80. The maximum Gasteiger partial charge on any atom is 0.0794 e. The third-order valence-electron chi connectivity index (χ3n) is 3.50. The van der Waals surface area contributed by atoms with Crippen LogP contribution in [-0.4, -0.2) is 11.0 Å². The monoisotopic (exact) mass is 224 g/mol. The van der Waals surface area contributed by atoms with Gasteiger partial charge in [0.25, 0.3) is 0 Å². The molecule has 1 heterocycles. The van der Waals surface area contributed by atoms with E-state index in [-0.39, 0.29) is 0 Å². The Kier molecular flexibility index (Phi) is 3.76. The molecule has 0 radical (unpaired) electrons. The van der Waals surface area contributed by atoms with Gasteiger partial charge in [-0.2, -0.15) is 0 Å². The molecule has 2 unspecified atom stereocenters. The number of nitrogens with zero attached hydrogens (tertiary/aromatic N) is 1. The molecule has 0 aromatic carbocycles. The molecule has 0 bridgehead atoms. The van der Waals surface area contributed by atoms with Gasteiger partial charge >= 0.3 is 0 Å². The zero-order valence-corrected chi connectivity index (χ0v) is 10.4. The average Bonchev–Trinajstić information content (AvgIpc) is 2.91. The number of hydrogen-bond donors (Lipinski definition) is 1. The molecule has 1 N–H and O–H groups in total. The zero-order valence-electron chi connectivity index (χ0n) is 9.57. The summed E-state index contributed by atoms with van der Waals surface area (Å²) >= 11 is 1.74. The molecule has 1 aliphatic carbocycles. The van der Waals surface area contributed by atoms with Crippen LogP contribution in [0.3, 0.4) is 0 Å². The molecule has 0 spiro atoms. The third-order valence-corrected chi connectivity index (χ3v) is 4.46. The van der Waals surface area contributed by atoms with Gasteiger partial charge in [0.15, 0.2) is 0 Å². The van der Waals surface area contributed by atoms with Crippen LogP contribution in [-0.2, 0) is 0 Å².